The molecule has 4 rings (SSSR count). The monoisotopic (exact) mass is 433 g/mol. The van der Waals surface area contributed by atoms with Gasteiger partial charge < -0.3 is 5.32 Å². The third-order valence-corrected chi connectivity index (χ3v) is 6.15. The Morgan fingerprint density at radius 2 is 1.77 bits per heavy atom. The minimum absolute atomic E-state index is 0.116. The van der Waals surface area contributed by atoms with Crippen molar-refractivity contribution in [3.05, 3.63) is 75.8 Å². The smallest absolute Gasteiger partial charge is 0.266 e. The highest BCUT2D eigenvalue weighted by Gasteiger charge is 2.17. The van der Waals surface area contributed by atoms with Crippen LogP contribution in [0.25, 0.3) is 16.6 Å². The number of aromatic nitrogens is 4. The number of carbonyl (C=O) groups excluding carboxylic acids is 1. The van der Waals surface area contributed by atoms with E-state index in [1.807, 2.05) is 70.3 Å². The Morgan fingerprint density at radius 1 is 1.06 bits per heavy atom. The van der Waals surface area contributed by atoms with Crippen LogP contribution in [0.15, 0.2) is 58.5 Å². The Kier molecular flexibility index (Phi) is 5.65. The van der Waals surface area contributed by atoms with Gasteiger partial charge in [-0.05, 0) is 44.5 Å². The zero-order valence-electron chi connectivity index (χ0n) is 17.8. The molecule has 0 aliphatic heterocycles. The molecule has 0 saturated carbocycles. The van der Waals surface area contributed by atoms with Crippen LogP contribution in [0, 0.1) is 20.8 Å². The number of hydrogen-bond acceptors (Lipinski definition) is 5. The summed E-state index contributed by atoms with van der Waals surface area (Å²) in [5.74, 6) is -0.0623. The molecule has 0 spiro atoms. The van der Waals surface area contributed by atoms with Crippen molar-refractivity contribution in [2.45, 2.75) is 25.9 Å². The Morgan fingerprint density at radius 3 is 2.48 bits per heavy atom. The zero-order chi connectivity index (χ0) is 22.1. The summed E-state index contributed by atoms with van der Waals surface area (Å²) in [5.41, 5.74) is 4.54. The lowest BCUT2D eigenvalue weighted by Gasteiger charge is -2.15. The van der Waals surface area contributed by atoms with E-state index in [4.69, 9.17) is 4.98 Å². The molecule has 2 aromatic carbocycles. The molecule has 7 nitrogen and oxygen atoms in total. The van der Waals surface area contributed by atoms with Crippen LogP contribution >= 0.6 is 11.8 Å². The van der Waals surface area contributed by atoms with Gasteiger partial charge in [0.05, 0.1) is 39.4 Å². The van der Waals surface area contributed by atoms with Gasteiger partial charge in [-0.3, -0.25) is 18.8 Å². The van der Waals surface area contributed by atoms with Gasteiger partial charge in [0.25, 0.3) is 5.56 Å². The molecule has 0 bridgehead atoms. The predicted molar refractivity (Wildman–Crippen MR) is 124 cm³/mol. The molecule has 0 aliphatic rings. The molecule has 4 aromatic rings. The van der Waals surface area contributed by atoms with Crippen molar-refractivity contribution >= 4 is 34.3 Å². The standard InChI is InChI=1S/C23H23N5O2S/c1-14-9-5-8-12-19(14)28-22(30)17-10-6-7-11-18(17)24-23(28)31-13-20(29)25-21-15(2)26-27(4)16(21)3/h5-12H,13H2,1-4H3,(H,25,29). The lowest BCUT2D eigenvalue weighted by molar-refractivity contribution is -0.113. The highest BCUT2D eigenvalue weighted by atomic mass is 32.2. The minimum Gasteiger partial charge on any atom is -0.322 e. The van der Waals surface area contributed by atoms with Crippen LogP contribution in [0.5, 0.6) is 0 Å². The van der Waals surface area contributed by atoms with Crippen LogP contribution in [-0.4, -0.2) is 31.0 Å². The lowest BCUT2D eigenvalue weighted by atomic mass is 10.2. The number of anilines is 1. The van der Waals surface area contributed by atoms with Crippen LogP contribution in [0.1, 0.15) is 17.0 Å². The molecule has 8 heteroatoms. The molecule has 0 aliphatic carbocycles. The molecule has 0 atom stereocenters. The van der Waals surface area contributed by atoms with E-state index in [9.17, 15) is 9.59 Å². The molecule has 158 valence electrons. The van der Waals surface area contributed by atoms with Crippen molar-refractivity contribution in [3.63, 3.8) is 0 Å². The molecule has 2 aromatic heterocycles. The van der Waals surface area contributed by atoms with Gasteiger partial charge in [-0.15, -0.1) is 0 Å². The maximum absolute atomic E-state index is 13.3. The number of aryl methyl sites for hydroxylation is 3. The number of hydrogen-bond donors (Lipinski definition) is 1. The number of benzene rings is 2. The molecule has 0 saturated heterocycles. The maximum Gasteiger partial charge on any atom is 0.266 e. The molecular weight excluding hydrogens is 410 g/mol. The highest BCUT2D eigenvalue weighted by molar-refractivity contribution is 7.99. The zero-order valence-corrected chi connectivity index (χ0v) is 18.7. The predicted octanol–water partition coefficient (Wildman–Crippen LogP) is 3.78. The van der Waals surface area contributed by atoms with Gasteiger partial charge in [0.15, 0.2) is 5.16 Å². The van der Waals surface area contributed by atoms with Gasteiger partial charge in [0, 0.05) is 7.05 Å². The molecule has 0 radical (unpaired) electrons. The fourth-order valence-electron chi connectivity index (χ4n) is 3.50. The summed E-state index contributed by atoms with van der Waals surface area (Å²) in [6, 6.07) is 14.9. The summed E-state index contributed by atoms with van der Waals surface area (Å²) >= 11 is 1.24. The molecule has 1 amide bonds. The Bertz CT molecular complexity index is 1360. The van der Waals surface area contributed by atoms with Gasteiger partial charge in [-0.25, -0.2) is 4.98 Å². The third kappa shape index (κ3) is 3.98. The van der Waals surface area contributed by atoms with Crippen LogP contribution in [0.4, 0.5) is 5.69 Å². The molecular formula is C23H23N5O2S. The number of nitrogens with one attached hydrogen (secondary N) is 1. The van der Waals surface area contributed by atoms with E-state index in [0.717, 1.165) is 28.3 Å². The number of rotatable bonds is 5. The Labute approximate surface area is 184 Å². The summed E-state index contributed by atoms with van der Waals surface area (Å²) in [6.45, 7) is 5.71. The second-order valence-electron chi connectivity index (χ2n) is 7.34. The number of nitrogens with zero attached hydrogens (tertiary/aromatic N) is 4. The van der Waals surface area contributed by atoms with Crippen LogP contribution < -0.4 is 10.9 Å². The summed E-state index contributed by atoms with van der Waals surface area (Å²) < 4.78 is 3.33. The van der Waals surface area contributed by atoms with Crippen molar-refractivity contribution in [1.29, 1.82) is 0 Å². The average Bonchev–Trinajstić information content (AvgIpc) is 2.99. The quantitative estimate of drug-likeness (QED) is 0.383. The van der Waals surface area contributed by atoms with Crippen LogP contribution in [0.3, 0.4) is 0 Å². The number of amides is 1. The summed E-state index contributed by atoms with van der Waals surface area (Å²) in [7, 11) is 1.84. The van der Waals surface area contributed by atoms with E-state index in [1.165, 1.54) is 11.8 Å². The summed E-state index contributed by atoms with van der Waals surface area (Å²) in [6.07, 6.45) is 0. The number of thioether (sulfide) groups is 1. The molecule has 0 unspecified atom stereocenters. The fraction of sp³-hybridized carbons (Fsp3) is 0.217. The third-order valence-electron chi connectivity index (χ3n) is 5.21. The minimum atomic E-state index is -0.178. The normalized spacial score (nSPS) is 11.1. The largest absolute Gasteiger partial charge is 0.322 e. The Balaban J connectivity index is 1.70. The molecule has 2 heterocycles. The average molecular weight is 434 g/mol. The van der Waals surface area contributed by atoms with E-state index >= 15 is 0 Å². The first-order valence-electron chi connectivity index (χ1n) is 9.87. The topological polar surface area (TPSA) is 81.8 Å². The summed E-state index contributed by atoms with van der Waals surface area (Å²) in [5, 5.41) is 8.28. The van der Waals surface area contributed by atoms with E-state index in [1.54, 1.807) is 15.3 Å². The number of fused-ring (bicyclic) bond motifs is 1. The van der Waals surface area contributed by atoms with E-state index in [2.05, 4.69) is 10.4 Å². The molecule has 0 fully saturated rings. The maximum atomic E-state index is 13.3. The summed E-state index contributed by atoms with van der Waals surface area (Å²) in [4.78, 5) is 30.7. The van der Waals surface area contributed by atoms with Crippen LogP contribution in [0.2, 0.25) is 0 Å². The van der Waals surface area contributed by atoms with Crippen molar-refractivity contribution < 1.29 is 4.79 Å². The van der Waals surface area contributed by atoms with Crippen molar-refractivity contribution in [2.24, 2.45) is 7.05 Å². The van der Waals surface area contributed by atoms with Gasteiger partial charge >= 0.3 is 0 Å². The molecule has 31 heavy (non-hydrogen) atoms. The first kappa shape index (κ1) is 20.9. The van der Waals surface area contributed by atoms with Gasteiger partial charge in [0.2, 0.25) is 5.91 Å². The lowest BCUT2D eigenvalue weighted by Crippen LogP contribution is -2.23. The van der Waals surface area contributed by atoms with Crippen molar-refractivity contribution in [1.82, 2.24) is 19.3 Å². The van der Waals surface area contributed by atoms with Gasteiger partial charge in [0.1, 0.15) is 0 Å². The van der Waals surface area contributed by atoms with E-state index < -0.39 is 0 Å². The molecule has 1 N–H and O–H groups in total. The van der Waals surface area contributed by atoms with Gasteiger partial charge in [-0.2, -0.15) is 5.10 Å². The highest BCUT2D eigenvalue weighted by Crippen LogP contribution is 2.24. The first-order chi connectivity index (χ1) is 14.9. The van der Waals surface area contributed by atoms with Crippen LogP contribution in [-0.2, 0) is 11.8 Å². The van der Waals surface area contributed by atoms with E-state index in [-0.39, 0.29) is 17.2 Å². The number of para-hydroxylation sites is 2. The van der Waals surface area contributed by atoms with E-state index in [0.29, 0.717) is 16.1 Å². The second-order valence-corrected chi connectivity index (χ2v) is 8.29. The SMILES string of the molecule is Cc1ccccc1-n1c(SCC(=O)Nc2c(C)nn(C)c2C)nc2ccccc2c1=O. The number of carbonyl (C=O) groups is 1. The first-order valence-corrected chi connectivity index (χ1v) is 10.9. The fourth-order valence-corrected chi connectivity index (χ4v) is 4.30. The Hall–Kier alpha value is -3.39. The van der Waals surface area contributed by atoms with Crippen molar-refractivity contribution in [3.8, 4) is 5.69 Å². The second kappa shape index (κ2) is 8.39. The van der Waals surface area contributed by atoms with Gasteiger partial charge in [-0.1, -0.05) is 42.1 Å². The van der Waals surface area contributed by atoms with Crippen molar-refractivity contribution in [2.75, 3.05) is 11.1 Å².